The minimum atomic E-state index is -3.57. The van der Waals surface area contributed by atoms with Crippen molar-refractivity contribution in [3.05, 3.63) is 0 Å². The number of hydrogen-bond acceptors (Lipinski definition) is 7. The largest absolute Gasteiger partial charge is 0.382 e. The minimum absolute atomic E-state index is 0.0551. The highest BCUT2D eigenvalue weighted by Crippen LogP contribution is 2.32. The molecule has 1 rings (SSSR count). The molecule has 0 aliphatic carbocycles. The molecular formula is C11H23N5O2S2. The number of hydrogen-bond donors (Lipinski definition) is 2. The molecule has 7 nitrogen and oxygen atoms in total. The Labute approximate surface area is 125 Å². The fraction of sp³-hybridized carbons (Fsp3) is 0.727. The molecule has 0 saturated heterocycles. The smallest absolute Gasteiger partial charge is 0.249 e. The van der Waals surface area contributed by atoms with Crippen LogP contribution in [-0.2, 0) is 10.0 Å². The maximum atomic E-state index is 12.2. The summed E-state index contributed by atoms with van der Waals surface area (Å²) < 4.78 is 29.4. The van der Waals surface area contributed by atoms with Crippen LogP contribution in [0.1, 0.15) is 12.8 Å². The molecule has 9 heteroatoms. The number of anilines is 2. The Morgan fingerprint density at radius 1 is 1.25 bits per heavy atom. The van der Waals surface area contributed by atoms with Crippen molar-refractivity contribution in [3.8, 4) is 0 Å². The average Bonchev–Trinajstić information content (AvgIpc) is 2.70. The maximum Gasteiger partial charge on any atom is 0.249 e. The van der Waals surface area contributed by atoms with Gasteiger partial charge in [-0.05, 0) is 45.0 Å². The van der Waals surface area contributed by atoms with Crippen LogP contribution < -0.4 is 11.1 Å². The molecule has 0 unspecified atom stereocenters. The minimum Gasteiger partial charge on any atom is -0.382 e. The van der Waals surface area contributed by atoms with Gasteiger partial charge >= 0.3 is 0 Å². The van der Waals surface area contributed by atoms with Crippen LogP contribution in [0.3, 0.4) is 0 Å². The van der Waals surface area contributed by atoms with Gasteiger partial charge < -0.3 is 16.0 Å². The fourth-order valence-corrected chi connectivity index (χ4v) is 3.70. The number of nitrogen functional groups attached to an aromatic ring is 1. The van der Waals surface area contributed by atoms with E-state index in [-0.39, 0.29) is 10.7 Å². The second-order valence-electron chi connectivity index (χ2n) is 4.95. The van der Waals surface area contributed by atoms with Crippen molar-refractivity contribution in [2.75, 3.05) is 52.3 Å². The van der Waals surface area contributed by atoms with E-state index in [4.69, 9.17) is 5.73 Å². The highest BCUT2D eigenvalue weighted by Gasteiger charge is 2.27. The molecule has 0 bridgehead atoms. The van der Waals surface area contributed by atoms with Crippen molar-refractivity contribution >= 4 is 32.4 Å². The zero-order valence-electron chi connectivity index (χ0n) is 12.4. The summed E-state index contributed by atoms with van der Waals surface area (Å²) in [7, 11) is 3.45. The first-order valence-electron chi connectivity index (χ1n) is 6.33. The van der Waals surface area contributed by atoms with E-state index >= 15 is 0 Å². The van der Waals surface area contributed by atoms with Gasteiger partial charge in [0.2, 0.25) is 10.0 Å². The second kappa shape index (κ2) is 7.21. The number of sulfonamides is 1. The lowest BCUT2D eigenvalue weighted by Gasteiger charge is -2.13. The molecule has 0 aliphatic rings. The van der Waals surface area contributed by atoms with Gasteiger partial charge in [0.05, 0.1) is 0 Å². The number of rotatable bonds is 8. The molecule has 20 heavy (non-hydrogen) atoms. The fourth-order valence-electron chi connectivity index (χ4n) is 1.59. The Morgan fingerprint density at radius 3 is 2.45 bits per heavy atom. The van der Waals surface area contributed by atoms with Gasteiger partial charge in [0, 0.05) is 20.6 Å². The summed E-state index contributed by atoms with van der Waals surface area (Å²) >= 11 is 1.08. The van der Waals surface area contributed by atoms with Crippen LogP contribution in [0.5, 0.6) is 0 Å². The molecule has 1 heterocycles. The van der Waals surface area contributed by atoms with Gasteiger partial charge in [-0.3, -0.25) is 0 Å². The standard InChI is InChI=1S/C11H23N5O2S2/c1-15(2)8-6-5-7-13-11-9(10(12)14-19-11)20(17,18)16(3)4/h13H,5-8H2,1-4H3,(H2,12,14). The van der Waals surface area contributed by atoms with Gasteiger partial charge in [0.25, 0.3) is 0 Å². The Hall–Kier alpha value is -0.900. The van der Waals surface area contributed by atoms with Gasteiger partial charge in [-0.25, -0.2) is 12.7 Å². The summed E-state index contributed by atoms with van der Waals surface area (Å²) in [5, 5.41) is 3.64. The van der Waals surface area contributed by atoms with Gasteiger partial charge in [0.1, 0.15) is 5.00 Å². The monoisotopic (exact) mass is 321 g/mol. The van der Waals surface area contributed by atoms with E-state index in [0.29, 0.717) is 11.5 Å². The summed E-state index contributed by atoms with van der Waals surface area (Å²) in [6, 6.07) is 0. The Kier molecular flexibility index (Phi) is 6.18. The number of nitrogens with one attached hydrogen (secondary N) is 1. The lowest BCUT2D eigenvalue weighted by Crippen LogP contribution is -2.23. The molecule has 0 spiro atoms. The third-order valence-corrected chi connectivity index (χ3v) is 5.57. The molecule has 0 saturated carbocycles. The van der Waals surface area contributed by atoms with Crippen LogP contribution in [0, 0.1) is 0 Å². The summed E-state index contributed by atoms with van der Waals surface area (Å²) in [4.78, 5) is 2.20. The van der Waals surface area contributed by atoms with Crippen molar-refractivity contribution in [2.24, 2.45) is 0 Å². The molecule has 0 atom stereocenters. The normalized spacial score (nSPS) is 12.3. The quantitative estimate of drug-likeness (QED) is 0.686. The summed E-state index contributed by atoms with van der Waals surface area (Å²) in [5.41, 5.74) is 5.68. The molecule has 3 N–H and O–H groups in total. The van der Waals surface area contributed by atoms with Crippen molar-refractivity contribution < 1.29 is 8.42 Å². The Balaban J connectivity index is 2.69. The first-order valence-corrected chi connectivity index (χ1v) is 8.54. The van der Waals surface area contributed by atoms with Crippen molar-refractivity contribution in [2.45, 2.75) is 17.7 Å². The number of aromatic nitrogens is 1. The van der Waals surface area contributed by atoms with E-state index in [9.17, 15) is 8.42 Å². The predicted molar refractivity (Wildman–Crippen MR) is 83.7 cm³/mol. The lowest BCUT2D eigenvalue weighted by molar-refractivity contribution is 0.396. The first kappa shape index (κ1) is 17.2. The van der Waals surface area contributed by atoms with Crippen LogP contribution in [-0.4, -0.2) is 63.3 Å². The molecule has 1 aromatic rings. The van der Waals surface area contributed by atoms with Crippen LogP contribution in [0.2, 0.25) is 0 Å². The van der Waals surface area contributed by atoms with E-state index in [0.717, 1.165) is 35.2 Å². The van der Waals surface area contributed by atoms with Crippen LogP contribution in [0.25, 0.3) is 0 Å². The van der Waals surface area contributed by atoms with Gasteiger partial charge in [-0.15, -0.1) is 0 Å². The van der Waals surface area contributed by atoms with Gasteiger partial charge in [0.15, 0.2) is 10.7 Å². The number of nitrogens with two attached hydrogens (primary N) is 1. The molecule has 0 radical (unpaired) electrons. The highest BCUT2D eigenvalue weighted by molar-refractivity contribution is 7.89. The second-order valence-corrected chi connectivity index (χ2v) is 7.81. The Morgan fingerprint density at radius 2 is 1.90 bits per heavy atom. The molecular weight excluding hydrogens is 298 g/mol. The number of nitrogens with zero attached hydrogens (tertiary/aromatic N) is 3. The van der Waals surface area contributed by atoms with E-state index in [2.05, 4.69) is 14.6 Å². The van der Waals surface area contributed by atoms with Crippen molar-refractivity contribution in [3.63, 3.8) is 0 Å². The molecule has 0 aromatic carbocycles. The van der Waals surface area contributed by atoms with Crippen LogP contribution in [0.15, 0.2) is 4.90 Å². The summed E-state index contributed by atoms with van der Waals surface area (Å²) in [5.74, 6) is 0.0551. The van der Waals surface area contributed by atoms with E-state index in [1.54, 1.807) is 0 Å². The van der Waals surface area contributed by atoms with Gasteiger partial charge in [-0.1, -0.05) is 0 Å². The lowest BCUT2D eigenvalue weighted by atomic mass is 10.3. The van der Waals surface area contributed by atoms with E-state index in [1.165, 1.54) is 14.1 Å². The average molecular weight is 321 g/mol. The van der Waals surface area contributed by atoms with Crippen molar-refractivity contribution in [1.29, 1.82) is 0 Å². The van der Waals surface area contributed by atoms with Gasteiger partial charge in [-0.2, -0.15) is 4.37 Å². The van der Waals surface area contributed by atoms with Crippen LogP contribution >= 0.6 is 11.5 Å². The van der Waals surface area contributed by atoms with E-state index < -0.39 is 10.0 Å². The summed E-state index contributed by atoms with van der Waals surface area (Å²) in [6.07, 6.45) is 2.00. The predicted octanol–water partition coefficient (Wildman–Crippen LogP) is 0.729. The highest BCUT2D eigenvalue weighted by atomic mass is 32.2. The summed E-state index contributed by atoms with van der Waals surface area (Å²) in [6.45, 7) is 1.71. The SMILES string of the molecule is CN(C)CCCCNc1snc(N)c1S(=O)(=O)N(C)C. The molecule has 0 fully saturated rings. The molecule has 0 aliphatic heterocycles. The maximum absolute atomic E-state index is 12.2. The van der Waals surface area contributed by atoms with Crippen LogP contribution in [0.4, 0.5) is 10.8 Å². The molecule has 0 amide bonds. The first-order chi connectivity index (χ1) is 9.26. The van der Waals surface area contributed by atoms with Crippen molar-refractivity contribution in [1.82, 2.24) is 13.6 Å². The molecule has 1 aromatic heterocycles. The molecule has 116 valence electrons. The topological polar surface area (TPSA) is 91.6 Å². The zero-order valence-corrected chi connectivity index (χ0v) is 14.0. The Bertz CT molecular complexity index is 525. The third-order valence-electron chi connectivity index (χ3n) is 2.73. The number of unbranched alkanes of at least 4 members (excludes halogenated alkanes) is 1. The zero-order chi connectivity index (χ0) is 15.3. The third kappa shape index (κ3) is 4.30. The van der Waals surface area contributed by atoms with E-state index in [1.807, 2.05) is 14.1 Å².